The summed E-state index contributed by atoms with van der Waals surface area (Å²) in [7, 11) is 0. The van der Waals surface area contributed by atoms with Gasteiger partial charge in [0.25, 0.3) is 0 Å². The highest BCUT2D eigenvalue weighted by atomic mass is 16.5. The first-order valence-corrected chi connectivity index (χ1v) is 9.75. The molecule has 5 heteroatoms. The molecular weight excluding hydrogens is 352 g/mol. The zero-order valence-corrected chi connectivity index (χ0v) is 17.0. The summed E-state index contributed by atoms with van der Waals surface area (Å²) < 4.78 is 5.61. The van der Waals surface area contributed by atoms with Crippen molar-refractivity contribution >= 4 is 11.8 Å². The molecule has 0 atom stereocenters. The Bertz CT molecular complexity index is 752. The summed E-state index contributed by atoms with van der Waals surface area (Å²) in [6.07, 6.45) is 1.03. The van der Waals surface area contributed by atoms with Gasteiger partial charge >= 0.3 is 0 Å². The Balaban J connectivity index is 1.56. The van der Waals surface area contributed by atoms with Crippen LogP contribution in [0.2, 0.25) is 0 Å². The lowest BCUT2D eigenvalue weighted by Crippen LogP contribution is -2.38. The van der Waals surface area contributed by atoms with Crippen molar-refractivity contribution in [2.24, 2.45) is 0 Å². The van der Waals surface area contributed by atoms with Crippen LogP contribution in [0.4, 0.5) is 0 Å². The molecule has 28 heavy (non-hydrogen) atoms. The van der Waals surface area contributed by atoms with Gasteiger partial charge in [0, 0.05) is 6.42 Å². The van der Waals surface area contributed by atoms with Gasteiger partial charge in [-0.15, -0.1) is 0 Å². The summed E-state index contributed by atoms with van der Waals surface area (Å²) in [6, 6.07) is 16.1. The van der Waals surface area contributed by atoms with Crippen LogP contribution in [0.25, 0.3) is 0 Å². The fraction of sp³-hybridized carbons (Fsp3) is 0.391. The van der Waals surface area contributed by atoms with Gasteiger partial charge in [0.05, 0.1) is 13.1 Å². The average molecular weight is 383 g/mol. The predicted octanol–water partition coefficient (Wildman–Crippen LogP) is 3.36. The molecule has 0 aliphatic heterocycles. The quantitative estimate of drug-likeness (QED) is 0.619. The minimum Gasteiger partial charge on any atom is -0.492 e. The summed E-state index contributed by atoms with van der Waals surface area (Å²) in [5, 5.41) is 5.39. The van der Waals surface area contributed by atoms with Crippen molar-refractivity contribution in [3.8, 4) is 5.75 Å². The minimum absolute atomic E-state index is 0.0180. The van der Waals surface area contributed by atoms with Crippen molar-refractivity contribution in [1.82, 2.24) is 10.6 Å². The molecule has 150 valence electrons. The summed E-state index contributed by atoms with van der Waals surface area (Å²) in [6.45, 7) is 7.08. The molecule has 2 rings (SSSR count). The van der Waals surface area contributed by atoms with Gasteiger partial charge in [-0.25, -0.2) is 0 Å². The molecule has 2 amide bonds. The van der Waals surface area contributed by atoms with Gasteiger partial charge in [-0.1, -0.05) is 55.8 Å². The first kappa shape index (κ1) is 21.5. The number of amides is 2. The van der Waals surface area contributed by atoms with Gasteiger partial charge in [0.1, 0.15) is 12.4 Å². The normalized spacial score (nSPS) is 10.6. The largest absolute Gasteiger partial charge is 0.492 e. The first-order chi connectivity index (χ1) is 13.4. The number of hydrogen-bond donors (Lipinski definition) is 2. The Morgan fingerprint density at radius 3 is 2.25 bits per heavy atom. The summed E-state index contributed by atoms with van der Waals surface area (Å²) >= 11 is 0. The van der Waals surface area contributed by atoms with Crippen LogP contribution < -0.4 is 15.4 Å². The number of nitrogens with one attached hydrogen (secondary N) is 2. The molecular formula is C23H30N2O3. The Hall–Kier alpha value is -2.82. The minimum atomic E-state index is -0.220. The van der Waals surface area contributed by atoms with E-state index in [2.05, 4.69) is 24.5 Å². The van der Waals surface area contributed by atoms with Crippen LogP contribution in [0.3, 0.4) is 0 Å². The second-order valence-electron chi connectivity index (χ2n) is 7.18. The third kappa shape index (κ3) is 7.82. The average Bonchev–Trinajstić information content (AvgIpc) is 2.69. The second kappa shape index (κ2) is 11.1. The van der Waals surface area contributed by atoms with E-state index in [-0.39, 0.29) is 18.4 Å². The van der Waals surface area contributed by atoms with Crippen molar-refractivity contribution in [2.75, 3.05) is 19.7 Å². The molecule has 0 aromatic heterocycles. The molecule has 5 nitrogen and oxygen atoms in total. The lowest BCUT2D eigenvalue weighted by molar-refractivity contribution is -0.126. The van der Waals surface area contributed by atoms with Crippen LogP contribution in [0.1, 0.15) is 42.9 Å². The van der Waals surface area contributed by atoms with Crippen LogP contribution >= 0.6 is 0 Å². The Labute approximate surface area is 167 Å². The molecule has 0 aliphatic carbocycles. The van der Waals surface area contributed by atoms with E-state index in [1.54, 1.807) is 0 Å². The predicted molar refractivity (Wildman–Crippen MR) is 112 cm³/mol. The maximum atomic E-state index is 11.9. The topological polar surface area (TPSA) is 67.4 Å². The molecule has 0 bridgehead atoms. The summed E-state index contributed by atoms with van der Waals surface area (Å²) in [4.78, 5) is 23.7. The highest BCUT2D eigenvalue weighted by Gasteiger charge is 2.06. The number of carbonyl (C=O) groups is 2. The first-order valence-electron chi connectivity index (χ1n) is 9.75. The Kier molecular flexibility index (Phi) is 8.53. The van der Waals surface area contributed by atoms with Crippen LogP contribution in [-0.2, 0) is 16.0 Å². The number of benzene rings is 2. The standard InChI is InChI=1S/C23H30N2O3/c1-17(2)20-9-11-21(12-10-20)28-15-14-24-23(27)16-25-22(26)13-8-19-6-4-18(3)5-7-19/h4-7,9-12,17H,8,13-16H2,1-3H3,(H,24,27)(H,25,26). The zero-order chi connectivity index (χ0) is 20.4. The van der Waals surface area contributed by atoms with E-state index < -0.39 is 0 Å². The fourth-order valence-electron chi connectivity index (χ4n) is 2.65. The van der Waals surface area contributed by atoms with E-state index in [0.29, 0.717) is 31.9 Å². The van der Waals surface area contributed by atoms with E-state index in [1.165, 1.54) is 11.1 Å². The van der Waals surface area contributed by atoms with Gasteiger partial charge in [-0.3, -0.25) is 9.59 Å². The van der Waals surface area contributed by atoms with Crippen LogP contribution in [0, 0.1) is 6.92 Å². The van der Waals surface area contributed by atoms with Crippen molar-refractivity contribution in [2.45, 2.75) is 39.5 Å². The van der Waals surface area contributed by atoms with E-state index >= 15 is 0 Å². The monoisotopic (exact) mass is 382 g/mol. The highest BCUT2D eigenvalue weighted by molar-refractivity contribution is 5.84. The third-order valence-electron chi connectivity index (χ3n) is 4.45. The number of carbonyl (C=O) groups excluding carboxylic acids is 2. The van der Waals surface area contributed by atoms with Crippen molar-refractivity contribution in [3.63, 3.8) is 0 Å². The van der Waals surface area contributed by atoms with E-state index in [1.807, 2.05) is 55.5 Å². The van der Waals surface area contributed by atoms with E-state index in [0.717, 1.165) is 11.3 Å². The highest BCUT2D eigenvalue weighted by Crippen LogP contribution is 2.18. The van der Waals surface area contributed by atoms with Gasteiger partial charge in [0.15, 0.2) is 0 Å². The SMILES string of the molecule is Cc1ccc(CCC(=O)NCC(=O)NCCOc2ccc(C(C)C)cc2)cc1. The maximum absolute atomic E-state index is 11.9. The molecule has 0 unspecified atom stereocenters. The lowest BCUT2D eigenvalue weighted by atomic mass is 10.0. The molecule has 0 fully saturated rings. The second-order valence-corrected chi connectivity index (χ2v) is 7.18. The smallest absolute Gasteiger partial charge is 0.239 e. The molecule has 2 N–H and O–H groups in total. The lowest BCUT2D eigenvalue weighted by Gasteiger charge is -2.10. The van der Waals surface area contributed by atoms with Crippen molar-refractivity contribution in [1.29, 1.82) is 0 Å². The number of ether oxygens (including phenoxy) is 1. The van der Waals surface area contributed by atoms with Gasteiger partial charge in [-0.05, 0) is 42.5 Å². The molecule has 0 heterocycles. The number of hydrogen-bond acceptors (Lipinski definition) is 3. The van der Waals surface area contributed by atoms with E-state index in [9.17, 15) is 9.59 Å². The number of aryl methyl sites for hydroxylation is 2. The van der Waals surface area contributed by atoms with E-state index in [4.69, 9.17) is 4.74 Å². The zero-order valence-electron chi connectivity index (χ0n) is 17.0. The van der Waals surface area contributed by atoms with Crippen LogP contribution in [0.5, 0.6) is 5.75 Å². The number of rotatable bonds is 10. The van der Waals surface area contributed by atoms with Gasteiger partial charge < -0.3 is 15.4 Å². The van der Waals surface area contributed by atoms with Crippen LogP contribution in [-0.4, -0.2) is 31.5 Å². The third-order valence-corrected chi connectivity index (χ3v) is 4.45. The van der Waals surface area contributed by atoms with Crippen LogP contribution in [0.15, 0.2) is 48.5 Å². The summed E-state index contributed by atoms with van der Waals surface area (Å²) in [5.74, 6) is 0.920. The molecule has 2 aromatic carbocycles. The molecule has 0 spiro atoms. The Morgan fingerprint density at radius 2 is 1.61 bits per heavy atom. The van der Waals surface area contributed by atoms with Gasteiger partial charge in [0.2, 0.25) is 11.8 Å². The molecule has 0 radical (unpaired) electrons. The fourth-order valence-corrected chi connectivity index (χ4v) is 2.65. The Morgan fingerprint density at radius 1 is 0.929 bits per heavy atom. The van der Waals surface area contributed by atoms with Crippen molar-refractivity contribution in [3.05, 3.63) is 65.2 Å². The maximum Gasteiger partial charge on any atom is 0.239 e. The van der Waals surface area contributed by atoms with Gasteiger partial charge in [-0.2, -0.15) is 0 Å². The molecule has 0 aliphatic rings. The summed E-state index contributed by atoms with van der Waals surface area (Å²) in [5.41, 5.74) is 3.57. The molecule has 0 saturated heterocycles. The van der Waals surface area contributed by atoms with Crippen molar-refractivity contribution < 1.29 is 14.3 Å². The molecule has 0 saturated carbocycles. The molecule has 2 aromatic rings.